The van der Waals surface area contributed by atoms with Gasteiger partial charge in [-0.25, -0.2) is 4.98 Å². The van der Waals surface area contributed by atoms with Gasteiger partial charge in [0, 0.05) is 45.5 Å². The Kier molecular flexibility index (Phi) is 4.90. The number of piperazine rings is 1. The Balaban J connectivity index is 1.42. The number of aromatic nitrogens is 4. The Labute approximate surface area is 148 Å². The smallest absolute Gasteiger partial charge is 0.247 e. The average molecular weight is 339 g/mol. The van der Waals surface area contributed by atoms with E-state index in [2.05, 4.69) is 35.9 Å². The first-order chi connectivity index (χ1) is 12.4. The fourth-order valence-electron chi connectivity index (χ4n) is 3.55. The molecule has 0 aromatic carbocycles. The summed E-state index contributed by atoms with van der Waals surface area (Å²) in [5.74, 6) is 2.76. The predicted octanol–water partition coefficient (Wildman–Crippen LogP) is 1.97. The van der Waals surface area contributed by atoms with Crippen LogP contribution in [0.15, 0.2) is 30.6 Å². The Hall–Kier alpha value is -2.44. The molecular formula is C18H25N7. The van der Waals surface area contributed by atoms with Crippen molar-refractivity contribution in [1.29, 1.82) is 0 Å². The van der Waals surface area contributed by atoms with Crippen LogP contribution in [-0.4, -0.2) is 59.4 Å². The van der Waals surface area contributed by atoms with Crippen molar-refractivity contribution in [1.82, 2.24) is 20.2 Å². The van der Waals surface area contributed by atoms with Crippen LogP contribution in [0.3, 0.4) is 0 Å². The van der Waals surface area contributed by atoms with Crippen molar-refractivity contribution in [2.24, 2.45) is 0 Å². The summed E-state index contributed by atoms with van der Waals surface area (Å²) in [7, 11) is 0. The SMILES string of the molecule is c1ccc(N2CCN(c3nncc(N4CCCCCC4)n3)CC2)nc1. The van der Waals surface area contributed by atoms with Crippen molar-refractivity contribution in [3.05, 3.63) is 30.6 Å². The lowest BCUT2D eigenvalue weighted by Crippen LogP contribution is -2.47. The summed E-state index contributed by atoms with van der Waals surface area (Å²) in [6.07, 6.45) is 8.76. The minimum Gasteiger partial charge on any atom is -0.355 e. The van der Waals surface area contributed by atoms with Crippen LogP contribution >= 0.6 is 0 Å². The predicted molar refractivity (Wildman–Crippen MR) is 99.2 cm³/mol. The second kappa shape index (κ2) is 7.63. The molecule has 4 rings (SSSR count). The van der Waals surface area contributed by atoms with Gasteiger partial charge in [-0.3, -0.25) is 0 Å². The van der Waals surface area contributed by atoms with Crippen molar-refractivity contribution in [3.63, 3.8) is 0 Å². The molecule has 0 radical (unpaired) electrons. The zero-order valence-electron chi connectivity index (χ0n) is 14.6. The molecule has 2 aromatic rings. The van der Waals surface area contributed by atoms with Gasteiger partial charge in [0.15, 0.2) is 5.82 Å². The minimum atomic E-state index is 0.752. The quantitative estimate of drug-likeness (QED) is 0.847. The minimum absolute atomic E-state index is 0.752. The second-order valence-electron chi connectivity index (χ2n) is 6.68. The van der Waals surface area contributed by atoms with Gasteiger partial charge >= 0.3 is 0 Å². The number of nitrogens with zero attached hydrogens (tertiary/aromatic N) is 7. The normalized spacial score (nSPS) is 19.0. The Morgan fingerprint density at radius 3 is 2.16 bits per heavy atom. The largest absolute Gasteiger partial charge is 0.355 e. The van der Waals surface area contributed by atoms with Crippen LogP contribution in [0.1, 0.15) is 25.7 Å². The summed E-state index contributed by atoms with van der Waals surface area (Å²) in [6.45, 7) is 5.78. The Bertz CT molecular complexity index is 662. The molecule has 0 spiro atoms. The summed E-state index contributed by atoms with van der Waals surface area (Å²) in [5.41, 5.74) is 0. The van der Waals surface area contributed by atoms with Crippen LogP contribution in [-0.2, 0) is 0 Å². The van der Waals surface area contributed by atoms with Crippen molar-refractivity contribution in [2.45, 2.75) is 25.7 Å². The fraction of sp³-hybridized carbons (Fsp3) is 0.556. The van der Waals surface area contributed by atoms with Gasteiger partial charge in [-0.1, -0.05) is 18.9 Å². The number of anilines is 3. The van der Waals surface area contributed by atoms with Crippen molar-refractivity contribution in [3.8, 4) is 0 Å². The van der Waals surface area contributed by atoms with Crippen LogP contribution in [0, 0.1) is 0 Å². The van der Waals surface area contributed by atoms with E-state index >= 15 is 0 Å². The van der Waals surface area contributed by atoms with Crippen molar-refractivity contribution < 1.29 is 0 Å². The van der Waals surface area contributed by atoms with Gasteiger partial charge in [0.1, 0.15) is 5.82 Å². The molecule has 0 N–H and O–H groups in total. The fourth-order valence-corrected chi connectivity index (χ4v) is 3.55. The maximum atomic E-state index is 4.80. The third kappa shape index (κ3) is 3.81. The van der Waals surface area contributed by atoms with Gasteiger partial charge in [0.2, 0.25) is 5.95 Å². The molecule has 2 fully saturated rings. The topological polar surface area (TPSA) is 61.3 Å². The van der Waals surface area contributed by atoms with Crippen LogP contribution in [0.5, 0.6) is 0 Å². The maximum Gasteiger partial charge on any atom is 0.247 e. The summed E-state index contributed by atoms with van der Waals surface area (Å²) in [4.78, 5) is 16.1. The molecule has 0 bridgehead atoms. The Morgan fingerprint density at radius 1 is 0.720 bits per heavy atom. The third-order valence-corrected chi connectivity index (χ3v) is 5.00. The number of rotatable bonds is 3. The summed E-state index contributed by atoms with van der Waals surface area (Å²) in [5, 5.41) is 8.50. The summed E-state index contributed by atoms with van der Waals surface area (Å²) >= 11 is 0. The van der Waals surface area contributed by atoms with Gasteiger partial charge in [-0.2, -0.15) is 10.1 Å². The number of hydrogen-bond donors (Lipinski definition) is 0. The standard InChI is InChI=1S/C18H25N7/c1-2-6-10-23(9-5-1)17-15-20-22-18(21-17)25-13-11-24(12-14-25)16-7-3-4-8-19-16/h3-4,7-8,15H,1-2,5-6,9-14H2. The molecular weight excluding hydrogens is 314 g/mol. The van der Waals surface area contributed by atoms with Gasteiger partial charge in [-0.15, -0.1) is 5.10 Å². The lowest BCUT2D eigenvalue weighted by molar-refractivity contribution is 0.628. The van der Waals surface area contributed by atoms with Crippen molar-refractivity contribution in [2.75, 3.05) is 54.0 Å². The summed E-state index contributed by atoms with van der Waals surface area (Å²) < 4.78 is 0. The molecule has 25 heavy (non-hydrogen) atoms. The summed E-state index contributed by atoms with van der Waals surface area (Å²) in [6, 6.07) is 6.05. The van der Waals surface area contributed by atoms with Crippen molar-refractivity contribution >= 4 is 17.6 Å². The third-order valence-electron chi connectivity index (χ3n) is 5.00. The molecule has 0 aliphatic carbocycles. The van der Waals surface area contributed by atoms with E-state index in [0.29, 0.717) is 0 Å². The van der Waals surface area contributed by atoms with Gasteiger partial charge in [-0.05, 0) is 25.0 Å². The molecule has 0 saturated carbocycles. The van der Waals surface area contributed by atoms with Gasteiger partial charge < -0.3 is 14.7 Å². The second-order valence-corrected chi connectivity index (χ2v) is 6.68. The molecule has 0 unspecified atom stereocenters. The van der Waals surface area contributed by atoms with E-state index in [9.17, 15) is 0 Å². The highest BCUT2D eigenvalue weighted by molar-refractivity contribution is 5.45. The molecule has 0 amide bonds. The molecule has 7 heteroatoms. The molecule has 132 valence electrons. The van der Waals surface area contributed by atoms with Crippen LogP contribution in [0.2, 0.25) is 0 Å². The zero-order chi connectivity index (χ0) is 16.9. The molecule has 2 aromatic heterocycles. The Morgan fingerprint density at radius 2 is 1.44 bits per heavy atom. The van der Waals surface area contributed by atoms with E-state index in [1.165, 1.54) is 25.7 Å². The highest BCUT2D eigenvalue weighted by Crippen LogP contribution is 2.20. The average Bonchev–Trinajstić information content (AvgIpc) is 2.99. The molecule has 4 heterocycles. The van der Waals surface area contributed by atoms with E-state index in [1.54, 1.807) is 6.20 Å². The van der Waals surface area contributed by atoms with Gasteiger partial charge in [0.25, 0.3) is 0 Å². The molecule has 2 saturated heterocycles. The first kappa shape index (κ1) is 16.1. The molecule has 2 aliphatic heterocycles. The number of hydrogen-bond acceptors (Lipinski definition) is 7. The molecule has 7 nitrogen and oxygen atoms in total. The van der Waals surface area contributed by atoms with Gasteiger partial charge in [0.05, 0.1) is 6.20 Å². The van der Waals surface area contributed by atoms with Crippen LogP contribution in [0.4, 0.5) is 17.6 Å². The molecule has 0 atom stereocenters. The highest BCUT2D eigenvalue weighted by atomic mass is 15.4. The van der Waals surface area contributed by atoms with E-state index in [0.717, 1.165) is 56.9 Å². The van der Waals surface area contributed by atoms with E-state index in [-0.39, 0.29) is 0 Å². The van der Waals surface area contributed by atoms with E-state index in [1.807, 2.05) is 18.3 Å². The van der Waals surface area contributed by atoms with Crippen LogP contribution in [0.25, 0.3) is 0 Å². The highest BCUT2D eigenvalue weighted by Gasteiger charge is 2.21. The number of pyridine rings is 1. The first-order valence-electron chi connectivity index (χ1n) is 9.26. The lowest BCUT2D eigenvalue weighted by atomic mass is 10.2. The monoisotopic (exact) mass is 339 g/mol. The van der Waals surface area contributed by atoms with E-state index < -0.39 is 0 Å². The zero-order valence-corrected chi connectivity index (χ0v) is 14.6. The first-order valence-corrected chi connectivity index (χ1v) is 9.26. The maximum absolute atomic E-state index is 4.80. The van der Waals surface area contributed by atoms with E-state index in [4.69, 9.17) is 4.98 Å². The van der Waals surface area contributed by atoms with Crippen LogP contribution < -0.4 is 14.7 Å². The molecule has 2 aliphatic rings. The lowest BCUT2D eigenvalue weighted by Gasteiger charge is -2.35.